The van der Waals surface area contributed by atoms with Gasteiger partial charge in [0.25, 0.3) is 5.91 Å². The van der Waals surface area contributed by atoms with Gasteiger partial charge in [0.2, 0.25) is 0 Å². The summed E-state index contributed by atoms with van der Waals surface area (Å²) in [5.41, 5.74) is 2.98. The standard InChI is InChI=1S/C28H25F2NO3/c1-17-7-8-20(15-18(17)2)27(33)22-5-3-4-6-23(22)28(34)31-13-11-19(12-14-31)26(32)24-16-21(29)9-10-25(24)30/h3-10,15-16,19H,11-14H2,1-2H3. The van der Waals surface area contributed by atoms with Gasteiger partial charge in [-0.2, -0.15) is 0 Å². The molecule has 1 heterocycles. The lowest BCUT2D eigenvalue weighted by Crippen LogP contribution is -2.41. The third-order valence-electron chi connectivity index (χ3n) is 6.52. The number of likely N-dealkylation sites (tertiary alicyclic amines) is 1. The summed E-state index contributed by atoms with van der Waals surface area (Å²) in [7, 11) is 0. The molecule has 0 spiro atoms. The van der Waals surface area contributed by atoms with E-state index in [0.717, 1.165) is 29.3 Å². The van der Waals surface area contributed by atoms with Crippen molar-refractivity contribution in [1.82, 2.24) is 4.90 Å². The van der Waals surface area contributed by atoms with Crippen LogP contribution in [0.2, 0.25) is 0 Å². The molecule has 1 fully saturated rings. The lowest BCUT2D eigenvalue weighted by atomic mass is 9.88. The number of ketones is 2. The number of hydrogen-bond acceptors (Lipinski definition) is 3. The highest BCUT2D eigenvalue weighted by atomic mass is 19.1. The molecule has 1 aliphatic heterocycles. The first kappa shape index (κ1) is 23.5. The van der Waals surface area contributed by atoms with Crippen LogP contribution in [0.4, 0.5) is 8.78 Å². The number of amides is 1. The van der Waals surface area contributed by atoms with Gasteiger partial charge in [-0.25, -0.2) is 8.78 Å². The molecule has 1 saturated heterocycles. The van der Waals surface area contributed by atoms with Gasteiger partial charge in [0.05, 0.1) is 11.1 Å². The molecule has 174 valence electrons. The molecule has 6 heteroatoms. The van der Waals surface area contributed by atoms with Gasteiger partial charge in [-0.05, 0) is 68.1 Å². The molecule has 0 aliphatic carbocycles. The first-order valence-corrected chi connectivity index (χ1v) is 11.3. The van der Waals surface area contributed by atoms with E-state index in [2.05, 4.69) is 0 Å². The predicted octanol–water partition coefficient (Wildman–Crippen LogP) is 5.55. The monoisotopic (exact) mass is 461 g/mol. The van der Waals surface area contributed by atoms with Gasteiger partial charge in [0.15, 0.2) is 11.6 Å². The van der Waals surface area contributed by atoms with Gasteiger partial charge in [0, 0.05) is 30.1 Å². The molecule has 34 heavy (non-hydrogen) atoms. The molecule has 3 aromatic carbocycles. The van der Waals surface area contributed by atoms with E-state index in [-0.39, 0.29) is 17.3 Å². The van der Waals surface area contributed by atoms with Crippen LogP contribution < -0.4 is 0 Å². The number of halogens is 2. The molecule has 0 atom stereocenters. The van der Waals surface area contributed by atoms with Gasteiger partial charge in [-0.1, -0.05) is 30.3 Å². The Bertz CT molecular complexity index is 1280. The van der Waals surface area contributed by atoms with Crippen molar-refractivity contribution in [1.29, 1.82) is 0 Å². The molecule has 1 amide bonds. The predicted molar refractivity (Wildman–Crippen MR) is 125 cm³/mol. The highest BCUT2D eigenvalue weighted by Gasteiger charge is 2.31. The lowest BCUT2D eigenvalue weighted by Gasteiger charge is -2.32. The fraction of sp³-hybridized carbons (Fsp3) is 0.250. The van der Waals surface area contributed by atoms with Crippen LogP contribution in [0.1, 0.15) is 60.6 Å². The highest BCUT2D eigenvalue weighted by molar-refractivity contribution is 6.15. The van der Waals surface area contributed by atoms with E-state index in [1.165, 1.54) is 0 Å². The maximum absolute atomic E-state index is 14.0. The normalized spacial score (nSPS) is 14.2. The quantitative estimate of drug-likeness (QED) is 0.469. The molecule has 0 radical (unpaired) electrons. The number of piperidine rings is 1. The number of rotatable bonds is 5. The Labute approximate surface area is 197 Å². The number of benzene rings is 3. The highest BCUT2D eigenvalue weighted by Crippen LogP contribution is 2.26. The summed E-state index contributed by atoms with van der Waals surface area (Å²) in [6.45, 7) is 4.49. The zero-order valence-electron chi connectivity index (χ0n) is 19.1. The van der Waals surface area contributed by atoms with E-state index in [1.807, 2.05) is 26.0 Å². The summed E-state index contributed by atoms with van der Waals surface area (Å²) in [6, 6.07) is 15.0. The van der Waals surface area contributed by atoms with E-state index >= 15 is 0 Å². The molecule has 0 aromatic heterocycles. The third-order valence-corrected chi connectivity index (χ3v) is 6.52. The molecule has 1 aliphatic rings. The Morgan fingerprint density at radius 1 is 0.794 bits per heavy atom. The average Bonchev–Trinajstić information content (AvgIpc) is 2.86. The summed E-state index contributed by atoms with van der Waals surface area (Å²) >= 11 is 0. The Kier molecular flexibility index (Phi) is 6.68. The summed E-state index contributed by atoms with van der Waals surface area (Å²) in [5.74, 6) is -2.86. The minimum atomic E-state index is -0.747. The van der Waals surface area contributed by atoms with E-state index in [4.69, 9.17) is 0 Å². The number of nitrogens with zero attached hydrogens (tertiary/aromatic N) is 1. The van der Waals surface area contributed by atoms with Crippen molar-refractivity contribution in [2.24, 2.45) is 5.92 Å². The Hall–Kier alpha value is -3.67. The van der Waals surface area contributed by atoms with Crippen LogP contribution in [-0.4, -0.2) is 35.5 Å². The number of carbonyl (C=O) groups is 3. The Morgan fingerprint density at radius 2 is 1.47 bits per heavy atom. The third kappa shape index (κ3) is 4.67. The van der Waals surface area contributed by atoms with Gasteiger partial charge >= 0.3 is 0 Å². The van der Waals surface area contributed by atoms with Crippen LogP contribution in [0.5, 0.6) is 0 Å². The zero-order chi connectivity index (χ0) is 24.4. The summed E-state index contributed by atoms with van der Waals surface area (Å²) in [5, 5.41) is 0. The van der Waals surface area contributed by atoms with Crippen molar-refractivity contribution >= 4 is 17.5 Å². The Balaban J connectivity index is 1.50. The first-order valence-electron chi connectivity index (χ1n) is 11.3. The maximum Gasteiger partial charge on any atom is 0.254 e. The molecular weight excluding hydrogens is 436 g/mol. The van der Waals surface area contributed by atoms with E-state index < -0.39 is 23.3 Å². The summed E-state index contributed by atoms with van der Waals surface area (Å²) < 4.78 is 27.5. The summed E-state index contributed by atoms with van der Waals surface area (Å²) in [6.07, 6.45) is 0.682. The van der Waals surface area contributed by atoms with Crippen molar-refractivity contribution in [3.63, 3.8) is 0 Å². The topological polar surface area (TPSA) is 54.5 Å². The lowest BCUT2D eigenvalue weighted by molar-refractivity contribution is 0.0647. The molecule has 0 saturated carbocycles. The maximum atomic E-state index is 14.0. The SMILES string of the molecule is Cc1ccc(C(=O)c2ccccc2C(=O)N2CCC(C(=O)c3cc(F)ccc3F)CC2)cc1C. The van der Waals surface area contributed by atoms with Gasteiger partial charge in [-0.3, -0.25) is 14.4 Å². The van der Waals surface area contributed by atoms with Crippen LogP contribution in [0.15, 0.2) is 60.7 Å². The van der Waals surface area contributed by atoms with Gasteiger partial charge < -0.3 is 4.90 Å². The second-order valence-corrected chi connectivity index (χ2v) is 8.73. The second-order valence-electron chi connectivity index (χ2n) is 8.73. The number of Topliss-reactive ketones (excluding diaryl/α,β-unsaturated/α-hetero) is 1. The average molecular weight is 462 g/mol. The van der Waals surface area contributed by atoms with Crippen LogP contribution >= 0.6 is 0 Å². The van der Waals surface area contributed by atoms with Gasteiger partial charge in [0.1, 0.15) is 11.6 Å². The van der Waals surface area contributed by atoms with Crippen molar-refractivity contribution in [3.8, 4) is 0 Å². The molecule has 0 N–H and O–H groups in total. The first-order chi connectivity index (χ1) is 16.3. The zero-order valence-corrected chi connectivity index (χ0v) is 19.1. The van der Waals surface area contributed by atoms with Crippen LogP contribution in [-0.2, 0) is 0 Å². The minimum absolute atomic E-state index is 0.223. The van der Waals surface area contributed by atoms with E-state index in [9.17, 15) is 23.2 Å². The van der Waals surface area contributed by atoms with Crippen LogP contribution in [0, 0.1) is 31.4 Å². The Morgan fingerprint density at radius 3 is 2.15 bits per heavy atom. The molecule has 0 unspecified atom stereocenters. The van der Waals surface area contributed by atoms with E-state index in [1.54, 1.807) is 35.2 Å². The van der Waals surface area contributed by atoms with Crippen molar-refractivity contribution in [2.75, 3.05) is 13.1 Å². The van der Waals surface area contributed by atoms with Crippen molar-refractivity contribution in [3.05, 3.63) is 106 Å². The molecule has 3 aromatic rings. The largest absolute Gasteiger partial charge is 0.339 e. The fourth-order valence-corrected chi connectivity index (χ4v) is 4.33. The smallest absolute Gasteiger partial charge is 0.254 e. The molecule has 0 bridgehead atoms. The fourth-order valence-electron chi connectivity index (χ4n) is 4.33. The van der Waals surface area contributed by atoms with Crippen molar-refractivity contribution in [2.45, 2.75) is 26.7 Å². The van der Waals surface area contributed by atoms with Crippen LogP contribution in [0.3, 0.4) is 0 Å². The number of hydrogen-bond donors (Lipinski definition) is 0. The molecule has 4 nitrogen and oxygen atoms in total. The molecular formula is C28H25F2NO3. The number of carbonyl (C=O) groups excluding carboxylic acids is 3. The second kappa shape index (κ2) is 9.67. The van der Waals surface area contributed by atoms with Crippen LogP contribution in [0.25, 0.3) is 0 Å². The summed E-state index contributed by atoms with van der Waals surface area (Å²) in [4.78, 5) is 40.8. The van der Waals surface area contributed by atoms with E-state index in [0.29, 0.717) is 42.6 Å². The van der Waals surface area contributed by atoms with Gasteiger partial charge in [-0.15, -0.1) is 0 Å². The molecule has 4 rings (SSSR count). The minimum Gasteiger partial charge on any atom is -0.339 e. The number of aryl methyl sites for hydroxylation is 2. The van der Waals surface area contributed by atoms with Crippen molar-refractivity contribution < 1.29 is 23.2 Å².